The summed E-state index contributed by atoms with van der Waals surface area (Å²) in [6, 6.07) is 8.61. The summed E-state index contributed by atoms with van der Waals surface area (Å²) in [6.07, 6.45) is 1.11. The molecule has 150 valence electrons. The van der Waals surface area contributed by atoms with Crippen molar-refractivity contribution >= 4 is 29.9 Å². The summed E-state index contributed by atoms with van der Waals surface area (Å²) >= 11 is 0. The van der Waals surface area contributed by atoms with Crippen LogP contribution in [0, 0.1) is 5.92 Å². The van der Waals surface area contributed by atoms with E-state index in [-0.39, 0.29) is 24.0 Å². The van der Waals surface area contributed by atoms with Crippen LogP contribution >= 0.6 is 24.0 Å². The quantitative estimate of drug-likeness (QED) is 0.222. The van der Waals surface area contributed by atoms with Gasteiger partial charge >= 0.3 is 0 Å². The summed E-state index contributed by atoms with van der Waals surface area (Å²) < 4.78 is 5.64. The van der Waals surface area contributed by atoms with Gasteiger partial charge in [0.25, 0.3) is 0 Å². The van der Waals surface area contributed by atoms with E-state index in [1.165, 1.54) is 11.1 Å². The van der Waals surface area contributed by atoms with Crippen LogP contribution in [0.1, 0.15) is 38.3 Å². The van der Waals surface area contributed by atoms with Crippen LogP contribution in [0.25, 0.3) is 0 Å². The van der Waals surface area contributed by atoms with Gasteiger partial charge in [-0.05, 0) is 44.5 Å². The van der Waals surface area contributed by atoms with Gasteiger partial charge in [0, 0.05) is 26.2 Å². The molecule has 0 saturated carbocycles. The number of nitrogens with zero attached hydrogens (tertiary/aromatic N) is 2. The average molecular weight is 476 g/mol. The van der Waals surface area contributed by atoms with E-state index < -0.39 is 0 Å². The van der Waals surface area contributed by atoms with Crippen LogP contribution in [0.5, 0.6) is 0 Å². The first-order valence-electron chi connectivity index (χ1n) is 9.33. The lowest BCUT2D eigenvalue weighted by Crippen LogP contribution is -2.39. The first-order valence-corrected chi connectivity index (χ1v) is 9.33. The SMILES string of the molecule is CCNC(=NCc1cccc(CN(C)C)c1)NCCOCCC(C)C.I. The second-order valence-electron chi connectivity index (χ2n) is 6.97. The molecule has 1 rings (SSSR count). The number of guanidine groups is 1. The molecule has 0 radical (unpaired) electrons. The van der Waals surface area contributed by atoms with Crippen molar-refractivity contribution in [3.05, 3.63) is 35.4 Å². The Morgan fingerprint density at radius 1 is 1.15 bits per heavy atom. The molecule has 0 fully saturated rings. The highest BCUT2D eigenvalue weighted by molar-refractivity contribution is 14.0. The van der Waals surface area contributed by atoms with Gasteiger partial charge in [-0.15, -0.1) is 24.0 Å². The van der Waals surface area contributed by atoms with E-state index >= 15 is 0 Å². The Hall–Kier alpha value is -0.860. The van der Waals surface area contributed by atoms with Gasteiger partial charge in [0.05, 0.1) is 13.2 Å². The largest absolute Gasteiger partial charge is 0.380 e. The molecule has 0 aromatic heterocycles. The van der Waals surface area contributed by atoms with Crippen molar-refractivity contribution in [1.29, 1.82) is 0 Å². The smallest absolute Gasteiger partial charge is 0.191 e. The fourth-order valence-corrected chi connectivity index (χ4v) is 2.37. The average Bonchev–Trinajstić information content (AvgIpc) is 2.55. The van der Waals surface area contributed by atoms with E-state index in [1.54, 1.807) is 0 Å². The molecule has 6 heteroatoms. The third-order valence-electron chi connectivity index (χ3n) is 3.63. The monoisotopic (exact) mass is 476 g/mol. The van der Waals surface area contributed by atoms with Crippen molar-refractivity contribution < 1.29 is 4.74 Å². The van der Waals surface area contributed by atoms with Crippen LogP contribution in [-0.2, 0) is 17.8 Å². The number of hydrogen-bond donors (Lipinski definition) is 2. The van der Waals surface area contributed by atoms with E-state index in [0.717, 1.165) is 38.6 Å². The molecule has 0 heterocycles. The second-order valence-corrected chi connectivity index (χ2v) is 6.97. The lowest BCUT2D eigenvalue weighted by atomic mass is 10.1. The predicted octanol–water partition coefficient (Wildman–Crippen LogP) is 3.48. The van der Waals surface area contributed by atoms with Crippen LogP contribution in [0.3, 0.4) is 0 Å². The minimum atomic E-state index is 0. The number of aliphatic imine (C=N–C) groups is 1. The van der Waals surface area contributed by atoms with Crippen molar-refractivity contribution in [2.75, 3.05) is 40.4 Å². The van der Waals surface area contributed by atoms with Gasteiger partial charge in [0.2, 0.25) is 0 Å². The summed E-state index contributed by atoms with van der Waals surface area (Å²) in [5, 5.41) is 6.62. The molecule has 0 aliphatic rings. The molecule has 0 spiro atoms. The summed E-state index contributed by atoms with van der Waals surface area (Å²) in [4.78, 5) is 6.85. The molecule has 0 atom stereocenters. The van der Waals surface area contributed by atoms with Gasteiger partial charge in [-0.25, -0.2) is 4.99 Å². The summed E-state index contributed by atoms with van der Waals surface area (Å²) in [5.74, 6) is 1.53. The zero-order valence-electron chi connectivity index (χ0n) is 17.0. The number of rotatable bonds is 11. The topological polar surface area (TPSA) is 48.9 Å². The van der Waals surface area contributed by atoms with Crippen molar-refractivity contribution in [2.45, 2.75) is 40.3 Å². The normalized spacial score (nSPS) is 11.6. The zero-order valence-corrected chi connectivity index (χ0v) is 19.4. The molecular weight excluding hydrogens is 439 g/mol. The molecule has 2 N–H and O–H groups in total. The third kappa shape index (κ3) is 12.5. The van der Waals surface area contributed by atoms with E-state index in [9.17, 15) is 0 Å². The lowest BCUT2D eigenvalue weighted by Gasteiger charge is -2.13. The first kappa shape index (κ1) is 25.1. The summed E-state index contributed by atoms with van der Waals surface area (Å²) in [7, 11) is 4.17. The Balaban J connectivity index is 0.00000625. The molecular formula is C20H37IN4O. The molecule has 0 bridgehead atoms. The van der Waals surface area contributed by atoms with Crippen LogP contribution in [0.2, 0.25) is 0 Å². The van der Waals surface area contributed by atoms with Crippen LogP contribution in [-0.4, -0.2) is 51.3 Å². The molecule has 0 aliphatic carbocycles. The predicted molar refractivity (Wildman–Crippen MR) is 122 cm³/mol. The van der Waals surface area contributed by atoms with Crippen molar-refractivity contribution in [3.63, 3.8) is 0 Å². The van der Waals surface area contributed by atoms with Gasteiger partial charge < -0.3 is 20.3 Å². The minimum Gasteiger partial charge on any atom is -0.380 e. The highest BCUT2D eigenvalue weighted by atomic mass is 127. The Labute approximate surface area is 177 Å². The Morgan fingerprint density at radius 2 is 1.88 bits per heavy atom. The maximum absolute atomic E-state index is 5.64. The number of benzene rings is 1. The standard InChI is InChI=1S/C20H36N4O.HI/c1-6-21-20(22-11-13-25-12-10-17(2)3)23-15-18-8-7-9-19(14-18)16-24(4)5;/h7-9,14,17H,6,10-13,15-16H2,1-5H3,(H2,21,22,23);1H. The van der Waals surface area contributed by atoms with Crippen molar-refractivity contribution in [2.24, 2.45) is 10.9 Å². The molecule has 1 aromatic carbocycles. The highest BCUT2D eigenvalue weighted by Crippen LogP contribution is 2.08. The summed E-state index contributed by atoms with van der Waals surface area (Å²) in [5.41, 5.74) is 2.54. The Bertz CT molecular complexity index is 506. The maximum Gasteiger partial charge on any atom is 0.191 e. The minimum absolute atomic E-state index is 0. The molecule has 0 saturated heterocycles. The molecule has 0 aliphatic heterocycles. The molecule has 26 heavy (non-hydrogen) atoms. The van der Waals surface area contributed by atoms with Crippen LogP contribution in [0.15, 0.2) is 29.3 Å². The van der Waals surface area contributed by atoms with Gasteiger partial charge in [-0.3, -0.25) is 0 Å². The number of nitrogens with one attached hydrogen (secondary N) is 2. The Kier molecular flexibility index (Phi) is 14.7. The molecule has 0 amide bonds. The Morgan fingerprint density at radius 3 is 2.54 bits per heavy atom. The molecule has 5 nitrogen and oxygen atoms in total. The van der Waals surface area contributed by atoms with Crippen LogP contribution < -0.4 is 10.6 Å². The van der Waals surface area contributed by atoms with Gasteiger partial charge in [-0.1, -0.05) is 38.1 Å². The fraction of sp³-hybridized carbons (Fsp3) is 0.650. The fourth-order valence-electron chi connectivity index (χ4n) is 2.37. The first-order chi connectivity index (χ1) is 12.0. The van der Waals surface area contributed by atoms with Gasteiger partial charge in [-0.2, -0.15) is 0 Å². The maximum atomic E-state index is 5.64. The summed E-state index contributed by atoms with van der Waals surface area (Å²) in [6.45, 7) is 11.3. The lowest BCUT2D eigenvalue weighted by molar-refractivity contribution is 0.128. The zero-order chi connectivity index (χ0) is 18.5. The van der Waals surface area contributed by atoms with Gasteiger partial charge in [0.1, 0.15) is 0 Å². The number of halogens is 1. The van der Waals surface area contributed by atoms with E-state index in [2.05, 4.69) is 79.7 Å². The highest BCUT2D eigenvalue weighted by Gasteiger charge is 2.00. The van der Waals surface area contributed by atoms with Gasteiger partial charge in [0.15, 0.2) is 5.96 Å². The second kappa shape index (κ2) is 15.2. The van der Waals surface area contributed by atoms with E-state index in [0.29, 0.717) is 19.1 Å². The van der Waals surface area contributed by atoms with E-state index in [1.807, 2.05) is 0 Å². The third-order valence-corrected chi connectivity index (χ3v) is 3.63. The van der Waals surface area contributed by atoms with Crippen LogP contribution in [0.4, 0.5) is 0 Å². The number of hydrogen-bond acceptors (Lipinski definition) is 3. The van der Waals surface area contributed by atoms with Crippen molar-refractivity contribution in [3.8, 4) is 0 Å². The van der Waals surface area contributed by atoms with Crippen molar-refractivity contribution in [1.82, 2.24) is 15.5 Å². The molecule has 1 aromatic rings. The molecule has 0 unspecified atom stereocenters. The number of ether oxygens (including phenoxy) is 1. The van der Waals surface area contributed by atoms with E-state index in [4.69, 9.17) is 4.74 Å².